The molecule has 288 valence electrons. The standard InChI is InChI=1S/C28H32N6O13S6/c1-47-24-16-20(34-33-19-7-6-18-14-21(52(41,42)43)17-25(22(18)15-19)53(44,45)46)8-9-23(24)29-26-30-27(48-10-3-2-4-12-50(35,36)37)32-28(31-26)49-11-5-13-51(38,39)40/h6-9,14-17H,2-5,10-13H2,1H3,(H,35,36,37)(H,38,39,40)(H,41,42,43)(H,44,45,46)(H,29,30,31,32). The Bertz CT molecular complexity index is 2450. The van der Waals surface area contributed by atoms with E-state index in [1.165, 1.54) is 43.1 Å². The van der Waals surface area contributed by atoms with Gasteiger partial charge in [0.25, 0.3) is 40.5 Å². The van der Waals surface area contributed by atoms with Crippen LogP contribution in [-0.2, 0) is 40.5 Å². The van der Waals surface area contributed by atoms with Crippen molar-refractivity contribution in [2.24, 2.45) is 10.2 Å². The van der Waals surface area contributed by atoms with Crippen LogP contribution in [0.15, 0.2) is 78.9 Å². The molecule has 4 aromatic rings. The third-order valence-corrected chi connectivity index (χ3v) is 12.0. The van der Waals surface area contributed by atoms with Crippen molar-refractivity contribution in [1.29, 1.82) is 0 Å². The van der Waals surface area contributed by atoms with Crippen LogP contribution in [0.25, 0.3) is 10.8 Å². The Morgan fingerprint density at radius 3 is 1.85 bits per heavy atom. The Kier molecular flexibility index (Phi) is 14.1. The van der Waals surface area contributed by atoms with Crippen molar-refractivity contribution in [3.05, 3.63) is 48.5 Å². The lowest BCUT2D eigenvalue weighted by Crippen LogP contribution is -2.06. The highest BCUT2D eigenvalue weighted by Crippen LogP contribution is 2.34. The molecule has 0 aliphatic heterocycles. The third kappa shape index (κ3) is 13.7. The van der Waals surface area contributed by atoms with Crippen molar-refractivity contribution in [3.8, 4) is 5.75 Å². The van der Waals surface area contributed by atoms with Gasteiger partial charge in [0, 0.05) is 23.0 Å². The first-order chi connectivity index (χ1) is 24.7. The molecule has 0 bridgehead atoms. The van der Waals surface area contributed by atoms with E-state index < -0.39 is 56.0 Å². The Morgan fingerprint density at radius 2 is 1.26 bits per heavy atom. The summed E-state index contributed by atoms with van der Waals surface area (Å²) in [4.78, 5) is 11.7. The van der Waals surface area contributed by atoms with E-state index in [4.69, 9.17) is 13.8 Å². The molecule has 25 heteroatoms. The molecule has 53 heavy (non-hydrogen) atoms. The van der Waals surface area contributed by atoms with Crippen LogP contribution in [0.2, 0.25) is 0 Å². The zero-order valence-electron chi connectivity index (χ0n) is 27.4. The number of benzene rings is 3. The van der Waals surface area contributed by atoms with E-state index in [0.29, 0.717) is 41.2 Å². The first-order valence-electron chi connectivity index (χ1n) is 15.0. The van der Waals surface area contributed by atoms with Crippen LogP contribution >= 0.6 is 23.5 Å². The zero-order valence-corrected chi connectivity index (χ0v) is 32.3. The van der Waals surface area contributed by atoms with Crippen molar-refractivity contribution in [1.82, 2.24) is 15.0 Å². The molecule has 3 aromatic carbocycles. The first kappa shape index (κ1) is 42.2. The van der Waals surface area contributed by atoms with Crippen LogP contribution in [0.5, 0.6) is 5.75 Å². The number of thioether (sulfide) groups is 2. The minimum Gasteiger partial charge on any atom is -0.494 e. The van der Waals surface area contributed by atoms with Crippen LogP contribution in [0.1, 0.15) is 25.7 Å². The van der Waals surface area contributed by atoms with Crippen LogP contribution in [0, 0.1) is 0 Å². The molecular weight excluding hydrogens is 821 g/mol. The smallest absolute Gasteiger partial charge is 0.295 e. The minimum absolute atomic E-state index is 0.0727. The predicted octanol–water partition coefficient (Wildman–Crippen LogP) is 5.21. The van der Waals surface area contributed by atoms with Gasteiger partial charge < -0.3 is 10.1 Å². The Hall–Kier alpha value is -3.53. The number of nitrogens with zero attached hydrogens (tertiary/aromatic N) is 5. The highest BCUT2D eigenvalue weighted by Gasteiger charge is 2.21. The Labute approximate surface area is 313 Å². The van der Waals surface area contributed by atoms with E-state index >= 15 is 0 Å². The number of hydrogen-bond donors (Lipinski definition) is 5. The summed E-state index contributed by atoms with van der Waals surface area (Å²) in [7, 11) is -16.5. The molecule has 0 spiro atoms. The molecule has 0 saturated heterocycles. The molecule has 0 unspecified atom stereocenters. The maximum absolute atomic E-state index is 12.0. The van der Waals surface area contributed by atoms with E-state index in [-0.39, 0.29) is 57.7 Å². The number of anilines is 2. The molecule has 19 nitrogen and oxygen atoms in total. The van der Waals surface area contributed by atoms with Crippen LogP contribution in [0.4, 0.5) is 23.0 Å². The van der Waals surface area contributed by atoms with Gasteiger partial charge in [0.1, 0.15) is 10.6 Å². The second-order valence-corrected chi connectivity index (χ2v) is 19.0. The van der Waals surface area contributed by atoms with E-state index in [0.717, 1.165) is 17.8 Å². The van der Waals surface area contributed by atoms with Crippen LogP contribution in [0.3, 0.4) is 0 Å². The second-order valence-electron chi connectivity index (χ2n) is 10.9. The molecule has 1 heterocycles. The van der Waals surface area contributed by atoms with Gasteiger partial charge in [-0.15, -0.1) is 0 Å². The van der Waals surface area contributed by atoms with Crippen molar-refractivity contribution in [2.45, 2.75) is 45.8 Å². The molecule has 0 fully saturated rings. The predicted molar refractivity (Wildman–Crippen MR) is 197 cm³/mol. The van der Waals surface area contributed by atoms with Crippen molar-refractivity contribution < 1.29 is 56.6 Å². The molecule has 0 aliphatic carbocycles. The summed E-state index contributed by atoms with van der Waals surface area (Å²) in [6.45, 7) is 0. The number of azo groups is 1. The number of rotatable bonds is 19. The molecule has 0 aliphatic rings. The fourth-order valence-electron chi connectivity index (χ4n) is 4.45. The maximum Gasteiger partial charge on any atom is 0.295 e. The largest absolute Gasteiger partial charge is 0.494 e. The highest BCUT2D eigenvalue weighted by molar-refractivity contribution is 7.99. The number of ether oxygens (including phenoxy) is 1. The van der Waals surface area contributed by atoms with Gasteiger partial charge in [-0.25, -0.2) is 0 Å². The van der Waals surface area contributed by atoms with Crippen LogP contribution < -0.4 is 10.1 Å². The fraction of sp³-hybridized carbons (Fsp3) is 0.321. The van der Waals surface area contributed by atoms with Crippen molar-refractivity contribution >= 4 is 97.8 Å². The average molecular weight is 853 g/mol. The van der Waals surface area contributed by atoms with E-state index in [9.17, 15) is 42.8 Å². The summed E-state index contributed by atoms with van der Waals surface area (Å²) in [5, 5.41) is 11.9. The average Bonchev–Trinajstić information content (AvgIpc) is 3.05. The molecule has 4 rings (SSSR count). The number of fused-ring (bicyclic) bond motifs is 1. The number of unbranched alkanes of at least 4 members (excludes halogenated alkanes) is 2. The van der Waals surface area contributed by atoms with Gasteiger partial charge in [-0.3, -0.25) is 18.2 Å². The van der Waals surface area contributed by atoms with Crippen LogP contribution in [-0.4, -0.2) is 97.0 Å². The summed E-state index contributed by atoms with van der Waals surface area (Å²) >= 11 is 2.42. The molecule has 0 radical (unpaired) electrons. The number of methoxy groups -OCH3 is 1. The van der Waals surface area contributed by atoms with E-state index in [1.54, 1.807) is 12.1 Å². The Balaban J connectivity index is 1.55. The lowest BCUT2D eigenvalue weighted by atomic mass is 10.1. The zero-order chi connectivity index (χ0) is 39.0. The summed E-state index contributed by atoms with van der Waals surface area (Å²) in [5.41, 5.74) is 0.831. The monoisotopic (exact) mass is 852 g/mol. The fourth-order valence-corrected chi connectivity index (χ4v) is 8.72. The van der Waals surface area contributed by atoms with Crippen molar-refractivity contribution in [2.75, 3.05) is 35.4 Å². The van der Waals surface area contributed by atoms with Gasteiger partial charge in [-0.05, 0) is 61.0 Å². The number of hydrogen-bond acceptors (Lipinski definition) is 17. The minimum atomic E-state index is -4.91. The lowest BCUT2D eigenvalue weighted by Gasteiger charge is -2.12. The van der Waals surface area contributed by atoms with Gasteiger partial charge in [-0.1, -0.05) is 36.0 Å². The molecule has 1 aromatic heterocycles. The molecule has 0 atom stereocenters. The second kappa shape index (κ2) is 17.7. The summed E-state index contributed by atoms with van der Waals surface area (Å²) < 4.78 is 134. The van der Waals surface area contributed by atoms with Gasteiger partial charge in [0.05, 0.1) is 40.6 Å². The van der Waals surface area contributed by atoms with Crippen molar-refractivity contribution in [3.63, 3.8) is 0 Å². The van der Waals surface area contributed by atoms with E-state index in [1.807, 2.05) is 0 Å². The topological polar surface area (TPSA) is 302 Å². The van der Waals surface area contributed by atoms with Gasteiger partial charge >= 0.3 is 0 Å². The highest BCUT2D eigenvalue weighted by atomic mass is 32.2. The third-order valence-electron chi connectivity index (χ3n) is 6.81. The van der Waals surface area contributed by atoms with Gasteiger partial charge in [0.15, 0.2) is 10.3 Å². The van der Waals surface area contributed by atoms with Gasteiger partial charge in [0.2, 0.25) is 5.95 Å². The van der Waals surface area contributed by atoms with Gasteiger partial charge in [-0.2, -0.15) is 58.9 Å². The summed E-state index contributed by atoms with van der Waals surface area (Å²) in [5.74, 6) is 0.404. The van der Waals surface area contributed by atoms with E-state index in [2.05, 4.69) is 30.5 Å². The number of nitrogens with one attached hydrogen (secondary N) is 1. The summed E-state index contributed by atoms with van der Waals surface area (Å²) in [6.07, 6.45) is 1.55. The Morgan fingerprint density at radius 1 is 0.679 bits per heavy atom. The quantitative estimate of drug-likeness (QED) is 0.0350. The maximum atomic E-state index is 12.0. The molecule has 0 amide bonds. The molecule has 5 N–H and O–H groups in total. The first-order valence-corrected chi connectivity index (χ1v) is 23.1. The normalized spacial score (nSPS) is 12.8. The molecular formula is C28H32N6O13S6. The summed E-state index contributed by atoms with van der Waals surface area (Å²) in [6, 6.07) is 10.3. The number of aromatic nitrogens is 3. The SMILES string of the molecule is COc1cc(N=Nc2ccc3cc(S(=O)(=O)O)cc(S(=O)(=O)O)c3c2)ccc1Nc1nc(SCCCCCS(=O)(=O)O)nc(SCCCS(=O)(=O)O)n1. The lowest BCUT2D eigenvalue weighted by molar-refractivity contribution is 0.417. The molecule has 0 saturated carbocycles.